The summed E-state index contributed by atoms with van der Waals surface area (Å²) in [6.07, 6.45) is 84.8. The molecule has 0 aromatic heterocycles. The molecule has 0 bridgehead atoms. The molecular weight excluding hydrogens is 1100 g/mol. The van der Waals surface area contributed by atoms with Crippen LogP contribution in [-0.2, 0) is 29.2 Å². The maximum Gasteiger partial charge on any atom is 2.00 e. The Bertz CT molecular complexity index is 1230. The van der Waals surface area contributed by atoms with Crippen molar-refractivity contribution in [2.45, 2.75) is 439 Å². The molecular formula is C72H146CaO8S2. The van der Waals surface area contributed by atoms with E-state index in [0.29, 0.717) is 0 Å². The number of hydrogen-bond donors (Lipinski definition) is 0. The van der Waals surface area contributed by atoms with Crippen LogP contribution in [0.2, 0.25) is 0 Å². The zero-order valence-electron chi connectivity index (χ0n) is 56.6. The van der Waals surface area contributed by atoms with Gasteiger partial charge in [0.1, 0.15) is 0 Å². The molecule has 0 aromatic carbocycles. The Morgan fingerprint density at radius 1 is 0.217 bits per heavy atom. The third-order valence-electron chi connectivity index (χ3n) is 17.8. The van der Waals surface area contributed by atoms with Crippen LogP contribution in [0.15, 0.2) is 0 Å². The van der Waals surface area contributed by atoms with Crippen LogP contribution in [0.25, 0.3) is 0 Å². The average Bonchev–Trinajstić information content (AvgIpc) is 3.45. The summed E-state index contributed by atoms with van der Waals surface area (Å²) in [6, 6.07) is 0. The predicted octanol–water partition coefficient (Wildman–Crippen LogP) is 24.8. The van der Waals surface area contributed by atoms with E-state index in [4.69, 9.17) is 0 Å². The van der Waals surface area contributed by atoms with Crippen molar-refractivity contribution in [1.29, 1.82) is 0 Å². The van der Waals surface area contributed by atoms with Crippen LogP contribution in [-0.4, -0.2) is 76.9 Å². The van der Waals surface area contributed by atoms with E-state index in [9.17, 15) is 25.9 Å². The minimum Gasteiger partial charge on any atom is -0.726 e. The Labute approximate surface area is 552 Å². The number of rotatable bonds is 70. The molecule has 0 spiro atoms. The van der Waals surface area contributed by atoms with Gasteiger partial charge in [-0.25, -0.2) is 16.8 Å². The summed E-state index contributed by atoms with van der Waals surface area (Å²) in [4.78, 5) is 0. The van der Waals surface area contributed by atoms with Crippen LogP contribution < -0.4 is 0 Å². The second kappa shape index (κ2) is 73.7. The molecule has 0 atom stereocenters. The standard InChI is InChI=1S/2C36H74O4S.Ca/c2*1-3-5-7-9-11-13-15-17-19-21-23-25-27-29-31-33-36(35-40-41(37,38)39)34-32-30-28-26-24-22-20-18-16-14-12-10-8-6-4-2;/h2*36H,3-35H2,1-2H3,(H,37,38,39);/q;;+2/p-2. The van der Waals surface area contributed by atoms with Crippen LogP contribution in [0.1, 0.15) is 439 Å². The average molecular weight is 1240 g/mol. The van der Waals surface area contributed by atoms with E-state index >= 15 is 0 Å². The first-order valence-electron chi connectivity index (χ1n) is 37.2. The maximum atomic E-state index is 11.0. The Morgan fingerprint density at radius 3 is 0.434 bits per heavy atom. The summed E-state index contributed by atoms with van der Waals surface area (Å²) in [5.74, 6) is 0.394. The van der Waals surface area contributed by atoms with Crippen molar-refractivity contribution in [3.63, 3.8) is 0 Å². The molecule has 0 aliphatic heterocycles. The molecule has 0 aromatic rings. The van der Waals surface area contributed by atoms with Gasteiger partial charge in [0.25, 0.3) is 0 Å². The third-order valence-corrected chi connectivity index (χ3v) is 18.6. The molecule has 11 heteroatoms. The van der Waals surface area contributed by atoms with Gasteiger partial charge in [-0.1, -0.05) is 413 Å². The number of hydrogen-bond acceptors (Lipinski definition) is 8. The van der Waals surface area contributed by atoms with E-state index in [2.05, 4.69) is 36.1 Å². The molecule has 0 amide bonds. The Morgan fingerprint density at radius 2 is 0.325 bits per heavy atom. The van der Waals surface area contributed by atoms with Gasteiger partial charge in [0, 0.05) is 0 Å². The van der Waals surface area contributed by atoms with Crippen LogP contribution in [0.3, 0.4) is 0 Å². The Balaban J connectivity index is -0.00000152. The van der Waals surface area contributed by atoms with Crippen LogP contribution in [0.4, 0.5) is 0 Å². The van der Waals surface area contributed by atoms with Crippen molar-refractivity contribution in [1.82, 2.24) is 0 Å². The van der Waals surface area contributed by atoms with Gasteiger partial charge in [-0.05, 0) is 37.5 Å². The molecule has 0 aliphatic carbocycles. The Hall–Kier alpha value is 1.000. The van der Waals surface area contributed by atoms with Crippen molar-refractivity contribution >= 4 is 58.5 Å². The Kier molecular flexibility index (Phi) is 78.4. The van der Waals surface area contributed by atoms with Gasteiger partial charge in [-0.2, -0.15) is 0 Å². The minimum absolute atomic E-state index is 0. The molecule has 0 unspecified atom stereocenters. The van der Waals surface area contributed by atoms with E-state index in [1.807, 2.05) is 0 Å². The first-order valence-corrected chi connectivity index (χ1v) is 39.9. The fourth-order valence-electron chi connectivity index (χ4n) is 12.2. The van der Waals surface area contributed by atoms with Gasteiger partial charge in [-0.15, -0.1) is 0 Å². The molecule has 0 aliphatic rings. The van der Waals surface area contributed by atoms with Gasteiger partial charge in [0.2, 0.25) is 20.8 Å². The maximum absolute atomic E-state index is 11.0. The second-order valence-electron chi connectivity index (χ2n) is 26.1. The monoisotopic (exact) mass is 1240 g/mol. The first kappa shape index (κ1) is 88.2. The van der Waals surface area contributed by atoms with Crippen LogP contribution in [0, 0.1) is 11.8 Å². The van der Waals surface area contributed by atoms with E-state index in [1.165, 1.54) is 360 Å². The van der Waals surface area contributed by atoms with Gasteiger partial charge < -0.3 is 9.11 Å². The fourth-order valence-corrected chi connectivity index (χ4v) is 12.9. The first-order chi connectivity index (χ1) is 40.0. The molecule has 0 saturated heterocycles. The summed E-state index contributed by atoms with van der Waals surface area (Å²) < 4.78 is 75.2. The van der Waals surface area contributed by atoms with Crippen LogP contribution >= 0.6 is 0 Å². The van der Waals surface area contributed by atoms with E-state index in [0.717, 1.165) is 51.4 Å². The molecule has 8 nitrogen and oxygen atoms in total. The normalized spacial score (nSPS) is 12.0. The summed E-state index contributed by atoms with van der Waals surface area (Å²) >= 11 is 0. The van der Waals surface area contributed by atoms with Gasteiger partial charge >= 0.3 is 37.7 Å². The zero-order valence-corrected chi connectivity index (χ0v) is 60.5. The van der Waals surface area contributed by atoms with Gasteiger partial charge in [0.15, 0.2) is 0 Å². The summed E-state index contributed by atoms with van der Waals surface area (Å²) in [6.45, 7) is 9.26. The molecule has 0 heterocycles. The quantitative estimate of drug-likeness (QED) is 0.0254. The predicted molar refractivity (Wildman–Crippen MR) is 362 cm³/mol. The van der Waals surface area contributed by atoms with Gasteiger partial charge in [0.05, 0.1) is 13.2 Å². The van der Waals surface area contributed by atoms with Crippen molar-refractivity contribution < 1.29 is 34.3 Å². The molecule has 0 N–H and O–H groups in total. The topological polar surface area (TPSA) is 133 Å². The van der Waals surface area contributed by atoms with Crippen LogP contribution in [0.5, 0.6) is 0 Å². The summed E-state index contributed by atoms with van der Waals surface area (Å²) in [5, 5.41) is 0. The third kappa shape index (κ3) is 83.0. The zero-order chi connectivity index (χ0) is 60.2. The van der Waals surface area contributed by atoms with Crippen molar-refractivity contribution in [3.8, 4) is 0 Å². The van der Waals surface area contributed by atoms with E-state index in [1.54, 1.807) is 0 Å². The fraction of sp³-hybridized carbons (Fsp3) is 1.00. The minimum atomic E-state index is -4.59. The molecule has 496 valence electrons. The van der Waals surface area contributed by atoms with E-state index < -0.39 is 20.8 Å². The molecule has 0 rings (SSSR count). The number of unbranched alkanes of at least 4 members (excludes halogenated alkanes) is 56. The van der Waals surface area contributed by atoms with Crippen molar-refractivity contribution in [2.75, 3.05) is 13.2 Å². The summed E-state index contributed by atoms with van der Waals surface area (Å²) in [7, 11) is -9.18. The largest absolute Gasteiger partial charge is 2.00 e. The summed E-state index contributed by atoms with van der Waals surface area (Å²) in [5.41, 5.74) is 0. The SMILES string of the molecule is CCCCCCCCCCCCCCCCCC(CCCCCCCCCCCCCCCCC)COS(=O)(=O)[O-].CCCCCCCCCCCCCCCCCC(CCCCCCCCCCCCCCCCC)COS(=O)(=O)[O-].[Ca+2]. The molecule has 0 radical (unpaired) electrons. The second-order valence-corrected chi connectivity index (χ2v) is 28.2. The molecule has 0 saturated carbocycles. The van der Waals surface area contributed by atoms with Crippen molar-refractivity contribution in [2.24, 2.45) is 11.8 Å². The molecule has 0 fully saturated rings. The molecule has 83 heavy (non-hydrogen) atoms. The van der Waals surface area contributed by atoms with E-state index in [-0.39, 0.29) is 62.8 Å². The van der Waals surface area contributed by atoms with Crippen molar-refractivity contribution in [3.05, 3.63) is 0 Å². The smallest absolute Gasteiger partial charge is 0.726 e. The van der Waals surface area contributed by atoms with Gasteiger partial charge in [-0.3, -0.25) is 8.37 Å².